The van der Waals surface area contributed by atoms with E-state index in [1.807, 2.05) is 12.1 Å². The maximum atomic E-state index is 12.2. The summed E-state index contributed by atoms with van der Waals surface area (Å²) in [7, 11) is 0. The van der Waals surface area contributed by atoms with Gasteiger partial charge in [0.15, 0.2) is 6.10 Å². The number of para-hydroxylation sites is 2. The van der Waals surface area contributed by atoms with Crippen LogP contribution in [-0.4, -0.2) is 73.0 Å². The molecule has 2 heterocycles. The third-order valence-corrected chi connectivity index (χ3v) is 6.55. The molecule has 0 unspecified atom stereocenters. The third-order valence-electron chi connectivity index (χ3n) is 6.55. The van der Waals surface area contributed by atoms with Crippen LogP contribution in [0.1, 0.15) is 44.9 Å². The second-order valence-electron chi connectivity index (χ2n) is 8.67. The molecule has 0 bridgehead atoms. The van der Waals surface area contributed by atoms with Gasteiger partial charge >= 0.3 is 0 Å². The highest BCUT2D eigenvalue weighted by Gasteiger charge is 2.29. The number of rotatable bonds is 7. The lowest BCUT2D eigenvalue weighted by molar-refractivity contribution is -0.130. The number of piperazine rings is 1. The lowest BCUT2D eigenvalue weighted by Gasteiger charge is -2.40. The Labute approximate surface area is 179 Å². The molecule has 7 nitrogen and oxygen atoms in total. The summed E-state index contributed by atoms with van der Waals surface area (Å²) >= 11 is 0. The summed E-state index contributed by atoms with van der Waals surface area (Å²) in [5, 5.41) is 5.74. The molecular formula is C23H34N4O3. The molecule has 2 amide bonds. The number of ether oxygens (including phenoxy) is 1. The first-order valence-corrected chi connectivity index (χ1v) is 11.5. The molecule has 1 aromatic rings. The molecule has 0 spiro atoms. The van der Waals surface area contributed by atoms with E-state index >= 15 is 0 Å². The molecule has 30 heavy (non-hydrogen) atoms. The number of benzene rings is 1. The van der Waals surface area contributed by atoms with Crippen molar-refractivity contribution < 1.29 is 14.3 Å². The van der Waals surface area contributed by atoms with E-state index in [0.717, 1.165) is 32.1 Å². The van der Waals surface area contributed by atoms with Crippen molar-refractivity contribution in [3.05, 3.63) is 24.3 Å². The molecule has 2 fully saturated rings. The summed E-state index contributed by atoms with van der Waals surface area (Å²) in [4.78, 5) is 29.6. The van der Waals surface area contributed by atoms with E-state index in [2.05, 4.69) is 20.4 Å². The predicted octanol–water partition coefficient (Wildman–Crippen LogP) is 2.23. The van der Waals surface area contributed by atoms with Crippen LogP contribution >= 0.6 is 0 Å². The quantitative estimate of drug-likeness (QED) is 0.670. The van der Waals surface area contributed by atoms with Gasteiger partial charge in [-0.1, -0.05) is 31.4 Å². The van der Waals surface area contributed by atoms with Crippen LogP contribution in [0.25, 0.3) is 0 Å². The first kappa shape index (κ1) is 21.1. The van der Waals surface area contributed by atoms with Gasteiger partial charge in [0.05, 0.1) is 12.1 Å². The lowest BCUT2D eigenvalue weighted by Crippen LogP contribution is -2.51. The topological polar surface area (TPSA) is 73.9 Å². The fraction of sp³-hybridized carbons (Fsp3) is 0.652. The third kappa shape index (κ3) is 5.52. The molecule has 1 aliphatic carbocycles. The van der Waals surface area contributed by atoms with Crippen molar-refractivity contribution in [2.45, 2.75) is 57.1 Å². The van der Waals surface area contributed by atoms with Gasteiger partial charge in [0.2, 0.25) is 5.91 Å². The average Bonchev–Trinajstić information content (AvgIpc) is 2.78. The maximum absolute atomic E-state index is 12.2. The molecule has 2 N–H and O–H groups in total. The Hall–Kier alpha value is -2.12. The summed E-state index contributed by atoms with van der Waals surface area (Å²) in [5.41, 5.74) is 0.655. The monoisotopic (exact) mass is 414 g/mol. The van der Waals surface area contributed by atoms with E-state index in [0.29, 0.717) is 18.0 Å². The van der Waals surface area contributed by atoms with Crippen molar-refractivity contribution in [2.75, 3.05) is 44.6 Å². The van der Waals surface area contributed by atoms with Gasteiger partial charge in [-0.3, -0.25) is 14.5 Å². The zero-order chi connectivity index (χ0) is 20.8. The lowest BCUT2D eigenvalue weighted by atomic mass is 9.94. The fourth-order valence-electron chi connectivity index (χ4n) is 4.80. The molecule has 1 atom stereocenters. The second kappa shape index (κ2) is 10.3. The van der Waals surface area contributed by atoms with Crippen LogP contribution in [0.15, 0.2) is 24.3 Å². The Morgan fingerprint density at radius 2 is 1.87 bits per heavy atom. The minimum atomic E-state index is -0.771. The normalized spacial score (nSPS) is 23.3. The first-order valence-electron chi connectivity index (χ1n) is 11.5. The average molecular weight is 415 g/mol. The summed E-state index contributed by atoms with van der Waals surface area (Å²) in [6.45, 7) is 6.23. The number of fused-ring (bicyclic) bond motifs is 1. The van der Waals surface area contributed by atoms with Gasteiger partial charge in [0.1, 0.15) is 5.75 Å². The standard InChI is InChI=1S/C23H34N4O3/c28-22(17-21-23(29)25-19-9-4-5-10-20(19)30-21)24-11-6-12-26-13-15-27(16-14-26)18-7-2-1-3-8-18/h4-5,9-10,18,21H,1-3,6-8,11-17H2,(H,24,28)(H,25,29)/t21-/m0/s1. The molecule has 164 valence electrons. The van der Waals surface area contributed by atoms with E-state index < -0.39 is 6.10 Å². The van der Waals surface area contributed by atoms with Gasteiger partial charge in [-0.05, 0) is 37.9 Å². The zero-order valence-corrected chi connectivity index (χ0v) is 17.8. The predicted molar refractivity (Wildman–Crippen MR) is 117 cm³/mol. The summed E-state index contributed by atoms with van der Waals surface area (Å²) in [6, 6.07) is 8.09. The Kier molecular flexibility index (Phi) is 7.23. The van der Waals surface area contributed by atoms with Crippen LogP contribution in [0, 0.1) is 0 Å². The van der Waals surface area contributed by atoms with Crippen LogP contribution in [0.5, 0.6) is 5.75 Å². The van der Waals surface area contributed by atoms with E-state index in [9.17, 15) is 9.59 Å². The first-order chi connectivity index (χ1) is 14.7. The van der Waals surface area contributed by atoms with Crippen molar-refractivity contribution in [2.24, 2.45) is 0 Å². The highest BCUT2D eigenvalue weighted by atomic mass is 16.5. The molecule has 7 heteroatoms. The zero-order valence-electron chi connectivity index (χ0n) is 17.8. The van der Waals surface area contributed by atoms with Crippen molar-refractivity contribution in [3.63, 3.8) is 0 Å². The van der Waals surface area contributed by atoms with Crippen LogP contribution < -0.4 is 15.4 Å². The maximum Gasteiger partial charge on any atom is 0.266 e. The molecule has 4 rings (SSSR count). The molecule has 0 aromatic heterocycles. The molecule has 3 aliphatic rings. The van der Waals surface area contributed by atoms with Gasteiger partial charge in [-0.15, -0.1) is 0 Å². The Morgan fingerprint density at radius 1 is 1.10 bits per heavy atom. The molecule has 1 aromatic carbocycles. The number of hydrogen-bond donors (Lipinski definition) is 2. The number of nitrogens with one attached hydrogen (secondary N) is 2. The Morgan fingerprint density at radius 3 is 2.67 bits per heavy atom. The Balaban J connectivity index is 1.10. The van der Waals surface area contributed by atoms with E-state index in [4.69, 9.17) is 4.74 Å². The van der Waals surface area contributed by atoms with Crippen molar-refractivity contribution in [3.8, 4) is 5.75 Å². The summed E-state index contributed by atoms with van der Waals surface area (Å²) in [5.74, 6) is 0.207. The molecule has 0 radical (unpaired) electrons. The number of nitrogens with zero attached hydrogens (tertiary/aromatic N) is 2. The van der Waals surface area contributed by atoms with Crippen LogP contribution in [0.2, 0.25) is 0 Å². The molecular weight excluding hydrogens is 380 g/mol. The highest BCUT2D eigenvalue weighted by molar-refractivity contribution is 5.99. The molecule has 1 saturated carbocycles. The second-order valence-corrected chi connectivity index (χ2v) is 8.67. The number of hydrogen-bond acceptors (Lipinski definition) is 5. The Bertz CT molecular complexity index is 727. The molecule has 2 aliphatic heterocycles. The SMILES string of the molecule is O=C(C[C@@H]1Oc2ccccc2NC1=O)NCCCN1CCN(C2CCCCC2)CC1. The smallest absolute Gasteiger partial charge is 0.266 e. The number of carbonyl (C=O) groups excluding carboxylic acids is 2. The van der Waals surface area contributed by atoms with E-state index in [1.165, 1.54) is 45.2 Å². The van der Waals surface area contributed by atoms with Crippen LogP contribution in [0.4, 0.5) is 5.69 Å². The number of carbonyl (C=O) groups is 2. The van der Waals surface area contributed by atoms with Gasteiger partial charge in [0, 0.05) is 38.8 Å². The van der Waals surface area contributed by atoms with E-state index in [1.54, 1.807) is 12.1 Å². The van der Waals surface area contributed by atoms with Crippen LogP contribution in [0.3, 0.4) is 0 Å². The minimum Gasteiger partial charge on any atom is -0.478 e. The minimum absolute atomic E-state index is 0.0419. The molecule has 1 saturated heterocycles. The van der Waals surface area contributed by atoms with Gasteiger partial charge in [-0.25, -0.2) is 0 Å². The van der Waals surface area contributed by atoms with Gasteiger partial charge in [-0.2, -0.15) is 0 Å². The number of anilines is 1. The van der Waals surface area contributed by atoms with E-state index in [-0.39, 0.29) is 18.2 Å². The van der Waals surface area contributed by atoms with Crippen molar-refractivity contribution >= 4 is 17.5 Å². The van der Waals surface area contributed by atoms with Crippen molar-refractivity contribution in [1.82, 2.24) is 15.1 Å². The summed E-state index contributed by atoms with van der Waals surface area (Å²) < 4.78 is 5.69. The van der Waals surface area contributed by atoms with Crippen molar-refractivity contribution in [1.29, 1.82) is 0 Å². The summed E-state index contributed by atoms with van der Waals surface area (Å²) in [6.07, 6.45) is 7.15. The number of amides is 2. The largest absolute Gasteiger partial charge is 0.478 e. The van der Waals surface area contributed by atoms with Crippen LogP contribution in [-0.2, 0) is 9.59 Å². The fourth-order valence-corrected chi connectivity index (χ4v) is 4.80. The van der Waals surface area contributed by atoms with Gasteiger partial charge in [0.25, 0.3) is 5.91 Å². The van der Waals surface area contributed by atoms with Gasteiger partial charge < -0.3 is 20.3 Å². The highest BCUT2D eigenvalue weighted by Crippen LogP contribution is 2.29.